The maximum atomic E-state index is 9.96. The Labute approximate surface area is 140 Å². The second kappa shape index (κ2) is 5.98. The van der Waals surface area contributed by atoms with Crippen molar-refractivity contribution in [1.82, 2.24) is 0 Å². The van der Waals surface area contributed by atoms with Crippen LogP contribution in [0.4, 0.5) is 0 Å². The fourth-order valence-corrected chi connectivity index (χ4v) is 3.06. The zero-order valence-electron chi connectivity index (χ0n) is 12.9. The molecule has 0 aliphatic carbocycles. The molecule has 0 aromatic heterocycles. The fraction of sp³-hybridized carbons (Fsp3) is 0.211. The van der Waals surface area contributed by atoms with Crippen LogP contribution in [-0.4, -0.2) is 7.11 Å². The normalized spacial score (nSPS) is 22.9. The van der Waals surface area contributed by atoms with Crippen LogP contribution in [0.25, 0.3) is 0 Å². The Balaban J connectivity index is 2.08. The molecule has 1 aliphatic heterocycles. The molecule has 4 heteroatoms. The molecule has 0 spiro atoms. The number of ether oxygens (including phenoxy) is 2. The van der Waals surface area contributed by atoms with E-state index in [4.69, 9.17) is 21.1 Å². The number of rotatable bonds is 3. The molecule has 0 amide bonds. The molecule has 0 N–H and O–H groups in total. The zero-order valence-corrected chi connectivity index (χ0v) is 13.7. The molecule has 2 atom stereocenters. The Morgan fingerprint density at radius 1 is 1.13 bits per heavy atom. The second-order valence-electron chi connectivity index (χ2n) is 5.51. The van der Waals surface area contributed by atoms with Crippen molar-refractivity contribution >= 4 is 11.6 Å². The van der Waals surface area contributed by atoms with E-state index in [1.165, 1.54) is 0 Å². The standard InChI is InChI=1S/C19H16ClNO2/c1-13-11-19(12-21,15-5-7-16(20)8-6-15)18(23-13)14-3-9-17(22-2)10-4-14/h3-11,18H,1-2H3/t18-,19+/m0/s1. The lowest BCUT2D eigenvalue weighted by molar-refractivity contribution is 0.115. The van der Waals surface area contributed by atoms with Gasteiger partial charge in [0.25, 0.3) is 0 Å². The van der Waals surface area contributed by atoms with Gasteiger partial charge in [-0.2, -0.15) is 5.26 Å². The molecule has 0 fully saturated rings. The Hall–Kier alpha value is -2.44. The van der Waals surface area contributed by atoms with Gasteiger partial charge >= 0.3 is 0 Å². The first-order valence-corrected chi connectivity index (χ1v) is 7.64. The first-order valence-electron chi connectivity index (χ1n) is 7.26. The Kier molecular flexibility index (Phi) is 4.02. The van der Waals surface area contributed by atoms with Crippen molar-refractivity contribution in [2.45, 2.75) is 18.4 Å². The van der Waals surface area contributed by atoms with Crippen molar-refractivity contribution < 1.29 is 9.47 Å². The van der Waals surface area contributed by atoms with Crippen LogP contribution in [0.5, 0.6) is 5.75 Å². The monoisotopic (exact) mass is 325 g/mol. The van der Waals surface area contributed by atoms with Crippen LogP contribution in [0.15, 0.2) is 60.4 Å². The Morgan fingerprint density at radius 3 is 2.35 bits per heavy atom. The molecule has 0 saturated carbocycles. The Morgan fingerprint density at radius 2 is 1.78 bits per heavy atom. The van der Waals surface area contributed by atoms with Gasteiger partial charge in [0.05, 0.1) is 18.9 Å². The summed E-state index contributed by atoms with van der Waals surface area (Å²) in [5, 5.41) is 10.6. The average molecular weight is 326 g/mol. The van der Waals surface area contributed by atoms with E-state index in [1.54, 1.807) is 19.2 Å². The average Bonchev–Trinajstić information content (AvgIpc) is 2.93. The molecule has 0 radical (unpaired) electrons. The molecule has 1 heterocycles. The SMILES string of the molecule is COc1ccc([C@@H]2OC(C)=C[C@@]2(C#N)c2ccc(Cl)cc2)cc1. The minimum Gasteiger partial charge on any atom is -0.497 e. The lowest BCUT2D eigenvalue weighted by atomic mass is 9.75. The topological polar surface area (TPSA) is 42.2 Å². The van der Waals surface area contributed by atoms with Gasteiger partial charge in [-0.25, -0.2) is 0 Å². The third-order valence-electron chi connectivity index (χ3n) is 4.07. The van der Waals surface area contributed by atoms with E-state index in [-0.39, 0.29) is 0 Å². The first-order chi connectivity index (χ1) is 11.1. The molecule has 0 bridgehead atoms. The molecule has 0 saturated heterocycles. The van der Waals surface area contributed by atoms with Crippen molar-refractivity contribution in [1.29, 1.82) is 5.26 Å². The van der Waals surface area contributed by atoms with E-state index in [0.717, 1.165) is 22.6 Å². The summed E-state index contributed by atoms with van der Waals surface area (Å²) >= 11 is 5.98. The predicted octanol–water partition coefficient (Wildman–Crippen LogP) is 4.79. The van der Waals surface area contributed by atoms with Crippen molar-refractivity contribution in [3.63, 3.8) is 0 Å². The van der Waals surface area contributed by atoms with Crippen LogP contribution >= 0.6 is 11.6 Å². The van der Waals surface area contributed by atoms with Crippen LogP contribution in [-0.2, 0) is 10.2 Å². The van der Waals surface area contributed by atoms with Gasteiger partial charge in [0.15, 0.2) is 0 Å². The second-order valence-corrected chi connectivity index (χ2v) is 5.95. The van der Waals surface area contributed by atoms with Gasteiger partial charge in [0, 0.05) is 5.02 Å². The number of nitriles is 1. The molecule has 116 valence electrons. The van der Waals surface area contributed by atoms with Gasteiger partial charge in [0.2, 0.25) is 0 Å². The van der Waals surface area contributed by atoms with Crippen LogP contribution < -0.4 is 4.74 Å². The summed E-state index contributed by atoms with van der Waals surface area (Å²) in [6, 6.07) is 17.4. The van der Waals surface area contributed by atoms with Crippen LogP contribution in [0.1, 0.15) is 24.2 Å². The summed E-state index contributed by atoms with van der Waals surface area (Å²) in [5.74, 6) is 1.51. The molecule has 3 rings (SSSR count). The van der Waals surface area contributed by atoms with E-state index in [9.17, 15) is 5.26 Å². The molecule has 23 heavy (non-hydrogen) atoms. The number of methoxy groups -OCH3 is 1. The highest BCUT2D eigenvalue weighted by Crippen LogP contribution is 2.47. The lowest BCUT2D eigenvalue weighted by Crippen LogP contribution is -2.27. The van der Waals surface area contributed by atoms with Gasteiger partial charge in [-0.1, -0.05) is 35.9 Å². The van der Waals surface area contributed by atoms with Gasteiger partial charge in [-0.15, -0.1) is 0 Å². The summed E-state index contributed by atoms with van der Waals surface area (Å²) in [6.07, 6.45) is 1.48. The first kappa shape index (κ1) is 15.5. The summed E-state index contributed by atoms with van der Waals surface area (Å²) < 4.78 is 11.2. The van der Waals surface area contributed by atoms with Gasteiger partial charge < -0.3 is 9.47 Å². The molecule has 1 aliphatic rings. The van der Waals surface area contributed by atoms with E-state index >= 15 is 0 Å². The molecular formula is C19H16ClNO2. The van der Waals surface area contributed by atoms with Gasteiger partial charge in [-0.3, -0.25) is 0 Å². The number of allylic oxidation sites excluding steroid dienone is 1. The van der Waals surface area contributed by atoms with E-state index in [1.807, 2.05) is 49.4 Å². The van der Waals surface area contributed by atoms with Crippen molar-refractivity contribution in [2.75, 3.05) is 7.11 Å². The van der Waals surface area contributed by atoms with Crippen LogP contribution in [0.3, 0.4) is 0 Å². The number of hydrogen-bond acceptors (Lipinski definition) is 3. The summed E-state index contributed by atoms with van der Waals surface area (Å²) in [7, 11) is 1.63. The van der Waals surface area contributed by atoms with Gasteiger partial charge in [0.1, 0.15) is 17.3 Å². The quantitative estimate of drug-likeness (QED) is 0.815. The number of halogens is 1. The highest BCUT2D eigenvalue weighted by Gasteiger charge is 2.46. The number of nitrogens with zero attached hydrogens (tertiary/aromatic N) is 1. The van der Waals surface area contributed by atoms with Crippen LogP contribution in [0, 0.1) is 11.3 Å². The third-order valence-corrected chi connectivity index (χ3v) is 4.33. The van der Waals surface area contributed by atoms with Crippen molar-refractivity contribution in [3.05, 3.63) is 76.5 Å². The molecule has 3 nitrogen and oxygen atoms in total. The molecular weight excluding hydrogens is 310 g/mol. The van der Waals surface area contributed by atoms with Gasteiger partial charge in [-0.05, 0) is 48.4 Å². The highest BCUT2D eigenvalue weighted by molar-refractivity contribution is 6.30. The lowest BCUT2D eigenvalue weighted by Gasteiger charge is -2.27. The number of benzene rings is 2. The number of hydrogen-bond donors (Lipinski definition) is 0. The third kappa shape index (κ3) is 2.67. The maximum absolute atomic E-state index is 9.96. The highest BCUT2D eigenvalue weighted by atomic mass is 35.5. The molecule has 2 aromatic carbocycles. The summed E-state index contributed by atoms with van der Waals surface area (Å²) in [6.45, 7) is 1.87. The fourth-order valence-electron chi connectivity index (χ4n) is 2.93. The predicted molar refractivity (Wildman–Crippen MR) is 89.3 cm³/mol. The van der Waals surface area contributed by atoms with E-state index in [2.05, 4.69) is 6.07 Å². The largest absolute Gasteiger partial charge is 0.497 e. The van der Waals surface area contributed by atoms with E-state index in [0.29, 0.717) is 5.02 Å². The maximum Gasteiger partial charge on any atom is 0.150 e. The molecule has 0 unspecified atom stereocenters. The summed E-state index contributed by atoms with van der Waals surface area (Å²) in [4.78, 5) is 0. The summed E-state index contributed by atoms with van der Waals surface area (Å²) in [5.41, 5.74) is 0.918. The van der Waals surface area contributed by atoms with Crippen LogP contribution in [0.2, 0.25) is 5.02 Å². The van der Waals surface area contributed by atoms with Crippen molar-refractivity contribution in [2.24, 2.45) is 0 Å². The molecule has 2 aromatic rings. The zero-order chi connectivity index (χ0) is 16.4. The Bertz CT molecular complexity index is 775. The minimum absolute atomic E-state index is 0.403. The van der Waals surface area contributed by atoms with E-state index < -0.39 is 11.5 Å². The van der Waals surface area contributed by atoms with Crippen molar-refractivity contribution in [3.8, 4) is 11.8 Å². The minimum atomic E-state index is -0.872. The smallest absolute Gasteiger partial charge is 0.150 e.